The van der Waals surface area contributed by atoms with Crippen molar-refractivity contribution < 1.29 is 17.6 Å². The van der Waals surface area contributed by atoms with Gasteiger partial charge in [0.15, 0.2) is 11.0 Å². The summed E-state index contributed by atoms with van der Waals surface area (Å²) in [6.07, 6.45) is 3.13. The van der Waals surface area contributed by atoms with E-state index in [2.05, 4.69) is 25.1 Å². The lowest BCUT2D eigenvalue weighted by molar-refractivity contribution is -0.137. The van der Waals surface area contributed by atoms with Gasteiger partial charge in [-0.1, -0.05) is 17.8 Å². The summed E-state index contributed by atoms with van der Waals surface area (Å²) in [5.41, 5.74) is 0.172. The van der Waals surface area contributed by atoms with Crippen LogP contribution in [0.5, 0.6) is 0 Å². The molecule has 3 heterocycles. The lowest BCUT2D eigenvalue weighted by Crippen LogP contribution is -2.23. The second-order valence-corrected chi connectivity index (χ2v) is 10.1. The summed E-state index contributed by atoms with van der Waals surface area (Å²) in [4.78, 5) is 10.7. The number of nitrogens with zero attached hydrogens (tertiary/aromatic N) is 6. The summed E-state index contributed by atoms with van der Waals surface area (Å²) in [6.45, 7) is 2.72. The molecule has 0 radical (unpaired) electrons. The molecule has 5 rings (SSSR count). The number of thioether (sulfide) groups is 1. The van der Waals surface area contributed by atoms with Crippen molar-refractivity contribution in [2.45, 2.75) is 36.5 Å². The Kier molecular flexibility index (Phi) is 6.09. The van der Waals surface area contributed by atoms with E-state index in [0.29, 0.717) is 23.1 Å². The Labute approximate surface area is 198 Å². The molecule has 11 heteroatoms. The monoisotopic (exact) mass is 492 g/mol. The van der Waals surface area contributed by atoms with Crippen LogP contribution in [0, 0.1) is 11.2 Å². The molecule has 1 aliphatic heterocycles. The van der Waals surface area contributed by atoms with E-state index in [9.17, 15) is 17.6 Å². The molecule has 1 spiro atoms. The minimum absolute atomic E-state index is 0.00292. The Bertz CT molecular complexity index is 1170. The number of rotatable bonds is 7. The molecule has 1 aromatic carbocycles. The summed E-state index contributed by atoms with van der Waals surface area (Å²) in [5, 5.41) is 9.29. The van der Waals surface area contributed by atoms with Crippen LogP contribution in [-0.4, -0.2) is 55.0 Å². The number of benzene rings is 1. The zero-order valence-corrected chi connectivity index (χ0v) is 19.4. The summed E-state index contributed by atoms with van der Waals surface area (Å²) in [5.74, 6) is 0.822. The van der Waals surface area contributed by atoms with E-state index in [0.717, 1.165) is 55.9 Å². The predicted molar refractivity (Wildman–Crippen MR) is 120 cm³/mol. The maximum absolute atomic E-state index is 14.4. The summed E-state index contributed by atoms with van der Waals surface area (Å²) >= 11 is 1.64. The van der Waals surface area contributed by atoms with Gasteiger partial charge < -0.3 is 9.47 Å². The molecule has 2 fully saturated rings. The van der Waals surface area contributed by atoms with Gasteiger partial charge in [-0.25, -0.2) is 9.37 Å². The predicted octanol–water partition coefficient (Wildman–Crippen LogP) is 4.79. The molecule has 0 N–H and O–H groups in total. The van der Waals surface area contributed by atoms with E-state index in [1.807, 2.05) is 11.6 Å². The van der Waals surface area contributed by atoms with Crippen molar-refractivity contribution >= 4 is 11.8 Å². The number of hydrogen-bond donors (Lipinski definition) is 0. The molecule has 34 heavy (non-hydrogen) atoms. The van der Waals surface area contributed by atoms with Gasteiger partial charge in [-0.05, 0) is 61.4 Å². The molecule has 2 aliphatic rings. The average molecular weight is 493 g/mol. The Morgan fingerprint density at radius 1 is 1.21 bits per heavy atom. The van der Waals surface area contributed by atoms with Crippen LogP contribution in [0.2, 0.25) is 0 Å². The van der Waals surface area contributed by atoms with Gasteiger partial charge in [0.1, 0.15) is 11.5 Å². The van der Waals surface area contributed by atoms with E-state index in [-0.39, 0.29) is 11.3 Å². The van der Waals surface area contributed by atoms with Crippen LogP contribution in [0.3, 0.4) is 0 Å². The highest BCUT2D eigenvalue weighted by Gasteiger charge is 2.58. The van der Waals surface area contributed by atoms with Crippen LogP contribution >= 0.6 is 11.8 Å². The molecule has 180 valence electrons. The van der Waals surface area contributed by atoms with Crippen molar-refractivity contribution in [2.75, 3.05) is 25.4 Å². The highest BCUT2D eigenvalue weighted by atomic mass is 32.2. The second kappa shape index (κ2) is 8.92. The van der Waals surface area contributed by atoms with Crippen molar-refractivity contribution in [1.29, 1.82) is 0 Å². The normalized spacial score (nSPS) is 22.6. The molecule has 1 saturated carbocycles. The van der Waals surface area contributed by atoms with Crippen LogP contribution in [0.15, 0.2) is 41.9 Å². The van der Waals surface area contributed by atoms with Crippen LogP contribution in [0.1, 0.15) is 36.3 Å². The molecule has 0 amide bonds. The van der Waals surface area contributed by atoms with Crippen molar-refractivity contribution in [2.24, 2.45) is 12.5 Å². The third-order valence-electron chi connectivity index (χ3n) is 6.83. The minimum Gasteiger partial charge on any atom is -0.304 e. The largest absolute Gasteiger partial charge is 0.416 e. The van der Waals surface area contributed by atoms with E-state index in [4.69, 9.17) is 0 Å². The first-order chi connectivity index (χ1) is 16.3. The lowest BCUT2D eigenvalue weighted by atomic mass is 9.97. The molecule has 3 aromatic rings. The number of aromatic nitrogens is 5. The molecule has 2 atom stereocenters. The van der Waals surface area contributed by atoms with Crippen molar-refractivity contribution in [1.82, 2.24) is 29.6 Å². The van der Waals surface area contributed by atoms with E-state index < -0.39 is 17.6 Å². The zero-order chi connectivity index (χ0) is 23.9. The van der Waals surface area contributed by atoms with Crippen LogP contribution in [0.25, 0.3) is 11.5 Å². The Morgan fingerprint density at radius 3 is 2.79 bits per heavy atom. The topological polar surface area (TPSA) is 59.7 Å². The van der Waals surface area contributed by atoms with Gasteiger partial charge in [0.2, 0.25) is 0 Å². The van der Waals surface area contributed by atoms with E-state index in [1.165, 1.54) is 6.07 Å². The molecule has 6 nitrogen and oxygen atoms in total. The third kappa shape index (κ3) is 4.55. The number of alkyl halides is 3. The van der Waals surface area contributed by atoms with Crippen LogP contribution in [0.4, 0.5) is 17.6 Å². The summed E-state index contributed by atoms with van der Waals surface area (Å²) < 4.78 is 54.8. The second-order valence-electron chi connectivity index (χ2n) is 9.04. The average Bonchev–Trinajstić information content (AvgIpc) is 3.14. The Hall–Kier alpha value is -2.53. The molecule has 1 unspecified atom stereocenters. The number of hydrogen-bond acceptors (Lipinski definition) is 6. The Balaban J connectivity index is 1.11. The van der Waals surface area contributed by atoms with Crippen molar-refractivity contribution in [3.63, 3.8) is 0 Å². The number of likely N-dealkylation sites (tertiary alicyclic amines) is 1. The molecule has 0 bridgehead atoms. The minimum atomic E-state index is -4.52. The first kappa shape index (κ1) is 23.2. The summed E-state index contributed by atoms with van der Waals surface area (Å²) in [7, 11) is 1.91. The fourth-order valence-corrected chi connectivity index (χ4v) is 5.76. The van der Waals surface area contributed by atoms with Gasteiger partial charge >= 0.3 is 6.18 Å². The Morgan fingerprint density at radius 2 is 2.06 bits per heavy atom. The maximum Gasteiger partial charge on any atom is 0.416 e. The maximum atomic E-state index is 14.4. The first-order valence-corrected chi connectivity index (χ1v) is 12.1. The van der Waals surface area contributed by atoms with Gasteiger partial charge in [0.05, 0.1) is 11.8 Å². The fraction of sp³-hybridized carbons (Fsp3) is 0.478. The third-order valence-corrected chi connectivity index (χ3v) is 7.94. The zero-order valence-electron chi connectivity index (χ0n) is 18.6. The lowest BCUT2D eigenvalue weighted by Gasteiger charge is -2.16. The van der Waals surface area contributed by atoms with Gasteiger partial charge in [0.25, 0.3) is 0 Å². The molecule has 1 saturated heterocycles. The van der Waals surface area contributed by atoms with E-state index >= 15 is 0 Å². The summed E-state index contributed by atoms with van der Waals surface area (Å²) in [6, 6.07) is 2.96. The van der Waals surface area contributed by atoms with Gasteiger partial charge in [-0.2, -0.15) is 13.2 Å². The van der Waals surface area contributed by atoms with Gasteiger partial charge in [-0.3, -0.25) is 4.98 Å². The highest BCUT2D eigenvalue weighted by molar-refractivity contribution is 7.99. The van der Waals surface area contributed by atoms with Gasteiger partial charge in [0, 0.05) is 31.7 Å². The van der Waals surface area contributed by atoms with E-state index in [1.54, 1.807) is 30.4 Å². The molecular formula is C23H24F4N6S. The van der Waals surface area contributed by atoms with Crippen molar-refractivity contribution in [3.05, 3.63) is 53.7 Å². The number of halogens is 4. The quantitative estimate of drug-likeness (QED) is 0.269. The standard InChI is InChI=1S/C23H24F4N6S/c1-32-20(19-13-28-6-7-29-19)30-31-21(32)34-10-2-8-33-9-5-22(14-33)12-17(22)16-4-3-15(11-18(16)24)23(25,26)27/h3-4,6-7,11,13,17H,2,5,8-10,12,14H2,1H3/t17?,22-/m1/s1. The van der Waals surface area contributed by atoms with Crippen LogP contribution in [-0.2, 0) is 13.2 Å². The first-order valence-electron chi connectivity index (χ1n) is 11.1. The van der Waals surface area contributed by atoms with Crippen LogP contribution < -0.4 is 0 Å². The van der Waals surface area contributed by atoms with Crippen molar-refractivity contribution in [3.8, 4) is 11.5 Å². The highest BCUT2D eigenvalue weighted by Crippen LogP contribution is 2.64. The molecule has 2 aromatic heterocycles. The molecular weight excluding hydrogens is 468 g/mol. The SMILES string of the molecule is Cn1c(SCCCN2CC[C@@]3(CC3c3ccc(C(F)(F)F)cc3F)C2)nnc1-c1cnccn1. The molecule has 1 aliphatic carbocycles. The smallest absolute Gasteiger partial charge is 0.304 e. The fourth-order valence-electron chi connectivity index (χ4n) is 4.93. The van der Waals surface area contributed by atoms with Gasteiger partial charge in [-0.15, -0.1) is 10.2 Å².